The molecule has 2 heterocycles. The van der Waals surface area contributed by atoms with Gasteiger partial charge in [-0.15, -0.1) is 12.4 Å². The van der Waals surface area contributed by atoms with Crippen LogP contribution in [0.2, 0.25) is 0 Å². The Bertz CT molecular complexity index is 673. The molecule has 20 heavy (non-hydrogen) atoms. The number of halogens is 1. The number of hydrazine groups is 1. The SMILES string of the molecule is Cl.O=C(O)Cn1ccn(-c2ccc(C3NN3)cc2)c1=O. The summed E-state index contributed by atoms with van der Waals surface area (Å²) in [4.78, 5) is 22.6. The van der Waals surface area contributed by atoms with Crippen LogP contribution in [0.15, 0.2) is 41.5 Å². The predicted molar refractivity (Wildman–Crippen MR) is 73.9 cm³/mol. The number of carboxylic acid groups (broad SMARTS) is 1. The van der Waals surface area contributed by atoms with Crippen molar-refractivity contribution >= 4 is 18.4 Å². The minimum Gasteiger partial charge on any atom is -0.480 e. The van der Waals surface area contributed by atoms with E-state index >= 15 is 0 Å². The second kappa shape index (κ2) is 5.49. The van der Waals surface area contributed by atoms with Crippen LogP contribution in [-0.2, 0) is 11.3 Å². The first-order valence-electron chi connectivity index (χ1n) is 5.76. The van der Waals surface area contributed by atoms with Gasteiger partial charge in [-0.3, -0.25) is 13.9 Å². The molecule has 1 saturated heterocycles. The molecule has 3 rings (SSSR count). The molecule has 1 fully saturated rings. The minimum atomic E-state index is -1.04. The topological polar surface area (TPSA) is 108 Å². The van der Waals surface area contributed by atoms with E-state index in [1.165, 1.54) is 10.8 Å². The molecule has 106 valence electrons. The monoisotopic (exact) mass is 296 g/mol. The number of carboxylic acids is 1. The largest absolute Gasteiger partial charge is 0.480 e. The van der Waals surface area contributed by atoms with E-state index in [4.69, 9.17) is 5.11 Å². The van der Waals surface area contributed by atoms with Crippen LogP contribution in [0.1, 0.15) is 11.7 Å². The van der Waals surface area contributed by atoms with Gasteiger partial charge in [0.15, 0.2) is 0 Å². The van der Waals surface area contributed by atoms with Crippen molar-refractivity contribution in [2.45, 2.75) is 12.7 Å². The summed E-state index contributed by atoms with van der Waals surface area (Å²) in [5.74, 6) is -1.04. The number of aromatic nitrogens is 2. The molecule has 1 aromatic heterocycles. The molecular formula is C12H13ClN4O3. The number of benzene rings is 1. The second-order valence-electron chi connectivity index (χ2n) is 4.29. The fourth-order valence-electron chi connectivity index (χ4n) is 1.91. The van der Waals surface area contributed by atoms with Crippen LogP contribution in [0.4, 0.5) is 0 Å². The van der Waals surface area contributed by atoms with Gasteiger partial charge in [-0.25, -0.2) is 15.6 Å². The standard InChI is InChI=1S/C12H12N4O3.ClH/c17-10(18)7-15-5-6-16(12(15)19)9-3-1-8(2-4-9)11-13-14-11;/h1-6,11,13-14H,7H2,(H,17,18);1H. The van der Waals surface area contributed by atoms with E-state index in [9.17, 15) is 9.59 Å². The van der Waals surface area contributed by atoms with Gasteiger partial charge in [-0.1, -0.05) is 12.1 Å². The van der Waals surface area contributed by atoms with Gasteiger partial charge in [0, 0.05) is 12.4 Å². The summed E-state index contributed by atoms with van der Waals surface area (Å²) < 4.78 is 2.57. The Morgan fingerprint density at radius 3 is 2.40 bits per heavy atom. The fraction of sp³-hybridized carbons (Fsp3) is 0.167. The molecule has 0 spiro atoms. The molecule has 3 N–H and O–H groups in total. The van der Waals surface area contributed by atoms with Crippen molar-refractivity contribution in [1.29, 1.82) is 0 Å². The lowest BCUT2D eigenvalue weighted by Gasteiger charge is -2.02. The highest BCUT2D eigenvalue weighted by Gasteiger charge is 2.20. The van der Waals surface area contributed by atoms with Gasteiger partial charge in [0.25, 0.3) is 0 Å². The maximum absolute atomic E-state index is 12.0. The zero-order chi connectivity index (χ0) is 13.4. The Kier molecular flexibility index (Phi) is 3.93. The van der Waals surface area contributed by atoms with Gasteiger partial charge in [0.05, 0.1) is 5.69 Å². The number of hydrogen-bond donors (Lipinski definition) is 3. The van der Waals surface area contributed by atoms with E-state index in [0.29, 0.717) is 5.69 Å². The molecule has 1 aromatic carbocycles. The van der Waals surface area contributed by atoms with E-state index in [0.717, 1.165) is 10.1 Å². The number of imidazole rings is 1. The Hall–Kier alpha value is -2.09. The molecular weight excluding hydrogens is 284 g/mol. The van der Waals surface area contributed by atoms with Crippen molar-refractivity contribution in [2.24, 2.45) is 0 Å². The summed E-state index contributed by atoms with van der Waals surface area (Å²) in [6.07, 6.45) is 3.21. The van der Waals surface area contributed by atoms with Crippen molar-refractivity contribution in [2.75, 3.05) is 0 Å². The summed E-state index contributed by atoms with van der Waals surface area (Å²) in [6.45, 7) is -0.334. The average Bonchev–Trinajstić information content (AvgIpc) is 3.17. The molecule has 1 aliphatic heterocycles. The van der Waals surface area contributed by atoms with E-state index < -0.39 is 5.97 Å². The number of hydrogen-bond acceptors (Lipinski definition) is 4. The van der Waals surface area contributed by atoms with Gasteiger partial charge in [0.1, 0.15) is 12.7 Å². The van der Waals surface area contributed by atoms with Crippen molar-refractivity contribution in [1.82, 2.24) is 20.0 Å². The average molecular weight is 297 g/mol. The Morgan fingerprint density at radius 2 is 1.85 bits per heavy atom. The number of carbonyl (C=O) groups is 1. The van der Waals surface area contributed by atoms with Gasteiger partial charge in [-0.05, 0) is 17.7 Å². The van der Waals surface area contributed by atoms with Crippen LogP contribution < -0.4 is 16.5 Å². The molecule has 0 atom stereocenters. The van der Waals surface area contributed by atoms with Crippen molar-refractivity contribution in [3.05, 3.63) is 52.7 Å². The number of aliphatic carboxylic acids is 1. The van der Waals surface area contributed by atoms with Crippen LogP contribution in [0.3, 0.4) is 0 Å². The van der Waals surface area contributed by atoms with E-state index in [-0.39, 0.29) is 30.8 Å². The Labute approximate surface area is 120 Å². The predicted octanol–water partition coefficient (Wildman–Crippen LogP) is 0.252. The number of nitrogens with zero attached hydrogens (tertiary/aromatic N) is 2. The quantitative estimate of drug-likeness (QED) is 0.701. The first-order valence-corrected chi connectivity index (χ1v) is 5.76. The summed E-state index contributed by atoms with van der Waals surface area (Å²) in [5.41, 5.74) is 7.35. The molecule has 0 saturated carbocycles. The molecule has 2 aromatic rings. The smallest absolute Gasteiger partial charge is 0.333 e. The minimum absolute atomic E-state index is 0. The van der Waals surface area contributed by atoms with E-state index in [1.807, 2.05) is 24.3 Å². The molecule has 0 unspecified atom stereocenters. The summed E-state index contributed by atoms with van der Waals surface area (Å²) >= 11 is 0. The van der Waals surface area contributed by atoms with Crippen molar-refractivity contribution < 1.29 is 9.90 Å². The lowest BCUT2D eigenvalue weighted by atomic mass is 10.2. The maximum Gasteiger partial charge on any atom is 0.333 e. The highest BCUT2D eigenvalue weighted by molar-refractivity contribution is 5.85. The zero-order valence-electron chi connectivity index (χ0n) is 10.3. The van der Waals surface area contributed by atoms with Gasteiger partial charge < -0.3 is 5.11 Å². The van der Waals surface area contributed by atoms with Crippen LogP contribution >= 0.6 is 12.4 Å². The molecule has 0 aliphatic carbocycles. The summed E-state index contributed by atoms with van der Waals surface area (Å²) in [7, 11) is 0. The molecule has 8 heteroatoms. The summed E-state index contributed by atoms with van der Waals surface area (Å²) in [5, 5.41) is 8.69. The lowest BCUT2D eigenvalue weighted by Crippen LogP contribution is -2.25. The Morgan fingerprint density at radius 1 is 1.20 bits per heavy atom. The molecule has 1 aliphatic rings. The van der Waals surface area contributed by atoms with Crippen LogP contribution in [0.5, 0.6) is 0 Å². The van der Waals surface area contributed by atoms with Gasteiger partial charge in [0.2, 0.25) is 0 Å². The number of rotatable bonds is 4. The highest BCUT2D eigenvalue weighted by atomic mass is 35.5. The first-order chi connectivity index (χ1) is 9.15. The normalized spacial score (nSPS) is 13.8. The molecule has 0 bridgehead atoms. The third-order valence-corrected chi connectivity index (χ3v) is 2.95. The first kappa shape index (κ1) is 14.3. The Balaban J connectivity index is 0.00000147. The fourth-order valence-corrected chi connectivity index (χ4v) is 1.91. The van der Waals surface area contributed by atoms with Crippen LogP contribution in [-0.4, -0.2) is 20.2 Å². The van der Waals surface area contributed by atoms with E-state index in [1.54, 1.807) is 6.20 Å². The maximum atomic E-state index is 12.0. The molecule has 0 radical (unpaired) electrons. The van der Waals surface area contributed by atoms with Crippen molar-refractivity contribution in [3.63, 3.8) is 0 Å². The molecule has 7 nitrogen and oxygen atoms in total. The molecule has 0 amide bonds. The van der Waals surface area contributed by atoms with Crippen LogP contribution in [0.25, 0.3) is 5.69 Å². The van der Waals surface area contributed by atoms with Gasteiger partial charge >= 0.3 is 11.7 Å². The third-order valence-electron chi connectivity index (χ3n) is 2.95. The van der Waals surface area contributed by atoms with E-state index in [2.05, 4.69) is 10.9 Å². The third kappa shape index (κ3) is 2.74. The van der Waals surface area contributed by atoms with Crippen LogP contribution in [0, 0.1) is 0 Å². The van der Waals surface area contributed by atoms with Gasteiger partial charge in [-0.2, -0.15) is 0 Å². The summed E-state index contributed by atoms with van der Waals surface area (Å²) in [6, 6.07) is 7.47. The lowest BCUT2D eigenvalue weighted by molar-refractivity contribution is -0.137. The van der Waals surface area contributed by atoms with Crippen molar-refractivity contribution in [3.8, 4) is 5.69 Å². The second-order valence-corrected chi connectivity index (χ2v) is 4.29. The highest BCUT2D eigenvalue weighted by Crippen LogP contribution is 2.17. The number of nitrogens with one attached hydrogen (secondary N) is 2. The zero-order valence-corrected chi connectivity index (χ0v) is 11.1.